The van der Waals surface area contributed by atoms with E-state index in [2.05, 4.69) is 44.4 Å². The molecule has 1 aromatic heterocycles. The molecule has 0 aliphatic heterocycles. The van der Waals surface area contributed by atoms with Gasteiger partial charge in [0, 0.05) is 6.54 Å². The number of nitrogens with one attached hydrogen (secondary N) is 1. The van der Waals surface area contributed by atoms with E-state index in [9.17, 15) is 0 Å². The van der Waals surface area contributed by atoms with Crippen molar-refractivity contribution < 1.29 is 0 Å². The number of rotatable bonds is 4. The Kier molecular flexibility index (Phi) is 4.55. The van der Waals surface area contributed by atoms with Crippen LogP contribution in [0.4, 0.5) is 0 Å². The predicted octanol–water partition coefficient (Wildman–Crippen LogP) is 3.29. The molecule has 1 aliphatic rings. The van der Waals surface area contributed by atoms with E-state index in [1.165, 1.54) is 19.3 Å². The summed E-state index contributed by atoms with van der Waals surface area (Å²) in [6.45, 7) is 1.96. The standard InChI is InChI=1S/C13H17BrN2/c14-13-8-4-7-12(16-13)10-15-9-11-5-2-1-3-6-11/h1-2,4,7-8,11,15H,3,5-6,9-10H2. The highest BCUT2D eigenvalue weighted by Crippen LogP contribution is 2.17. The highest BCUT2D eigenvalue weighted by Gasteiger charge is 2.08. The van der Waals surface area contributed by atoms with Gasteiger partial charge in [0.15, 0.2) is 0 Å². The molecule has 2 rings (SSSR count). The summed E-state index contributed by atoms with van der Waals surface area (Å²) in [6, 6.07) is 6.03. The maximum atomic E-state index is 4.40. The number of hydrogen-bond acceptors (Lipinski definition) is 2. The Hall–Kier alpha value is -0.670. The first-order valence-electron chi connectivity index (χ1n) is 5.82. The van der Waals surface area contributed by atoms with Crippen molar-refractivity contribution in [3.05, 3.63) is 40.6 Å². The van der Waals surface area contributed by atoms with Gasteiger partial charge in [-0.2, -0.15) is 0 Å². The van der Waals surface area contributed by atoms with Crippen LogP contribution in [0.3, 0.4) is 0 Å². The van der Waals surface area contributed by atoms with Gasteiger partial charge < -0.3 is 5.32 Å². The van der Waals surface area contributed by atoms with Crippen LogP contribution in [-0.4, -0.2) is 11.5 Å². The van der Waals surface area contributed by atoms with Gasteiger partial charge in [-0.3, -0.25) is 0 Å². The molecule has 3 heteroatoms. The van der Waals surface area contributed by atoms with E-state index in [4.69, 9.17) is 0 Å². The van der Waals surface area contributed by atoms with Crippen molar-refractivity contribution >= 4 is 15.9 Å². The van der Waals surface area contributed by atoms with Crippen molar-refractivity contribution in [2.45, 2.75) is 25.8 Å². The largest absolute Gasteiger partial charge is 0.311 e. The van der Waals surface area contributed by atoms with Crippen LogP contribution < -0.4 is 5.32 Å². The van der Waals surface area contributed by atoms with E-state index < -0.39 is 0 Å². The van der Waals surface area contributed by atoms with Crippen molar-refractivity contribution in [1.29, 1.82) is 0 Å². The number of pyridine rings is 1. The minimum atomic E-state index is 0.803. The van der Waals surface area contributed by atoms with Crippen LogP contribution in [0, 0.1) is 5.92 Å². The van der Waals surface area contributed by atoms with Crippen LogP contribution in [0.15, 0.2) is 35.0 Å². The van der Waals surface area contributed by atoms with Crippen LogP contribution in [0.1, 0.15) is 25.0 Å². The lowest BCUT2D eigenvalue weighted by Crippen LogP contribution is -2.23. The molecule has 1 aromatic rings. The molecule has 0 bridgehead atoms. The Labute approximate surface area is 105 Å². The van der Waals surface area contributed by atoms with Gasteiger partial charge in [-0.05, 0) is 59.8 Å². The first-order valence-corrected chi connectivity index (χ1v) is 6.61. The summed E-state index contributed by atoms with van der Waals surface area (Å²) in [7, 11) is 0. The smallest absolute Gasteiger partial charge is 0.106 e. The third-order valence-electron chi connectivity index (χ3n) is 2.89. The SMILES string of the molecule is Brc1cccc(CNCC2CC=CCC2)n1. The zero-order chi connectivity index (χ0) is 11.2. The van der Waals surface area contributed by atoms with Crippen molar-refractivity contribution in [1.82, 2.24) is 10.3 Å². The molecule has 2 nitrogen and oxygen atoms in total. The zero-order valence-electron chi connectivity index (χ0n) is 9.32. The number of halogens is 1. The minimum Gasteiger partial charge on any atom is -0.311 e. The quantitative estimate of drug-likeness (QED) is 0.676. The summed E-state index contributed by atoms with van der Waals surface area (Å²) >= 11 is 3.38. The second kappa shape index (κ2) is 6.16. The highest BCUT2D eigenvalue weighted by molar-refractivity contribution is 9.10. The molecule has 0 aromatic carbocycles. The van der Waals surface area contributed by atoms with Gasteiger partial charge >= 0.3 is 0 Å². The van der Waals surface area contributed by atoms with Crippen LogP contribution in [0.5, 0.6) is 0 Å². The molecular formula is C13H17BrN2. The summed E-state index contributed by atoms with van der Waals surface area (Å²) in [5, 5.41) is 3.48. The first-order chi connectivity index (χ1) is 7.84. The fraction of sp³-hybridized carbons (Fsp3) is 0.462. The average molecular weight is 281 g/mol. The molecule has 0 saturated heterocycles. The van der Waals surface area contributed by atoms with Gasteiger partial charge in [-0.15, -0.1) is 0 Å². The number of nitrogens with zero attached hydrogens (tertiary/aromatic N) is 1. The van der Waals surface area contributed by atoms with Crippen LogP contribution in [-0.2, 0) is 6.54 Å². The second-order valence-corrected chi connectivity index (χ2v) is 5.05. The number of allylic oxidation sites excluding steroid dienone is 2. The monoisotopic (exact) mass is 280 g/mol. The van der Waals surface area contributed by atoms with Gasteiger partial charge in [0.2, 0.25) is 0 Å². The summed E-state index contributed by atoms with van der Waals surface area (Å²) in [5.41, 5.74) is 1.10. The third kappa shape index (κ3) is 3.72. The Bertz CT molecular complexity index is 363. The second-order valence-electron chi connectivity index (χ2n) is 4.23. The topological polar surface area (TPSA) is 24.9 Å². The molecule has 0 fully saturated rings. The van der Waals surface area contributed by atoms with E-state index in [1.54, 1.807) is 0 Å². The Morgan fingerprint density at radius 1 is 1.38 bits per heavy atom. The highest BCUT2D eigenvalue weighted by atomic mass is 79.9. The van der Waals surface area contributed by atoms with Gasteiger partial charge in [-0.25, -0.2) is 4.98 Å². The van der Waals surface area contributed by atoms with Gasteiger partial charge in [-0.1, -0.05) is 18.2 Å². The Balaban J connectivity index is 1.73. The van der Waals surface area contributed by atoms with Crippen LogP contribution in [0.2, 0.25) is 0 Å². The van der Waals surface area contributed by atoms with Gasteiger partial charge in [0.25, 0.3) is 0 Å². The first kappa shape index (κ1) is 11.8. The maximum Gasteiger partial charge on any atom is 0.106 e. The fourth-order valence-corrected chi connectivity index (χ4v) is 2.38. The van der Waals surface area contributed by atoms with E-state index in [0.29, 0.717) is 0 Å². The normalized spacial score (nSPS) is 19.9. The lowest BCUT2D eigenvalue weighted by Gasteiger charge is -2.17. The summed E-state index contributed by atoms with van der Waals surface area (Å²) < 4.78 is 0.910. The molecule has 0 radical (unpaired) electrons. The molecule has 1 atom stereocenters. The maximum absolute atomic E-state index is 4.40. The van der Waals surface area contributed by atoms with E-state index >= 15 is 0 Å². The van der Waals surface area contributed by atoms with Crippen molar-refractivity contribution in [2.75, 3.05) is 6.54 Å². The lowest BCUT2D eigenvalue weighted by molar-refractivity contribution is 0.439. The third-order valence-corrected chi connectivity index (χ3v) is 3.33. The zero-order valence-corrected chi connectivity index (χ0v) is 10.9. The average Bonchev–Trinajstić information content (AvgIpc) is 2.30. The predicted molar refractivity (Wildman–Crippen MR) is 70.1 cm³/mol. The van der Waals surface area contributed by atoms with E-state index in [-0.39, 0.29) is 0 Å². The van der Waals surface area contributed by atoms with Crippen molar-refractivity contribution in [3.8, 4) is 0 Å². The molecular weight excluding hydrogens is 264 g/mol. The molecule has 86 valence electrons. The van der Waals surface area contributed by atoms with Gasteiger partial charge in [0.05, 0.1) is 5.69 Å². The minimum absolute atomic E-state index is 0.803. The lowest BCUT2D eigenvalue weighted by atomic mass is 9.94. The Morgan fingerprint density at radius 2 is 2.31 bits per heavy atom. The molecule has 0 saturated carbocycles. The molecule has 1 heterocycles. The molecule has 1 N–H and O–H groups in total. The van der Waals surface area contributed by atoms with Crippen LogP contribution in [0.25, 0.3) is 0 Å². The molecule has 1 aliphatic carbocycles. The molecule has 1 unspecified atom stereocenters. The van der Waals surface area contributed by atoms with Crippen molar-refractivity contribution in [3.63, 3.8) is 0 Å². The molecule has 0 spiro atoms. The molecule has 16 heavy (non-hydrogen) atoms. The fourth-order valence-electron chi connectivity index (χ4n) is 1.99. The number of aromatic nitrogens is 1. The summed E-state index contributed by atoms with van der Waals surface area (Å²) in [5.74, 6) is 0.803. The Morgan fingerprint density at radius 3 is 3.06 bits per heavy atom. The van der Waals surface area contributed by atoms with E-state index in [1.807, 2.05) is 12.1 Å². The summed E-state index contributed by atoms with van der Waals surface area (Å²) in [4.78, 5) is 4.40. The summed E-state index contributed by atoms with van der Waals surface area (Å²) in [6.07, 6.45) is 8.36. The number of hydrogen-bond donors (Lipinski definition) is 1. The van der Waals surface area contributed by atoms with Crippen molar-refractivity contribution in [2.24, 2.45) is 5.92 Å². The van der Waals surface area contributed by atoms with E-state index in [0.717, 1.165) is 29.3 Å². The van der Waals surface area contributed by atoms with Crippen LogP contribution >= 0.6 is 15.9 Å². The molecule has 0 amide bonds. The van der Waals surface area contributed by atoms with Gasteiger partial charge in [0.1, 0.15) is 4.60 Å².